The van der Waals surface area contributed by atoms with Crippen molar-refractivity contribution in [3.63, 3.8) is 0 Å². The minimum Gasteiger partial charge on any atom is -0.488 e. The lowest BCUT2D eigenvalue weighted by atomic mass is 10.2. The zero-order chi connectivity index (χ0) is 19.3. The predicted molar refractivity (Wildman–Crippen MR) is 114 cm³/mol. The fourth-order valence-electron chi connectivity index (χ4n) is 2.91. The Morgan fingerprint density at radius 2 is 1.89 bits per heavy atom. The van der Waals surface area contributed by atoms with Crippen LogP contribution in [-0.4, -0.2) is 15.8 Å². The highest BCUT2D eigenvalue weighted by Crippen LogP contribution is 2.20. The van der Waals surface area contributed by atoms with E-state index in [-0.39, 0.29) is 0 Å². The number of fused-ring (bicyclic) bond motifs is 1. The minimum atomic E-state index is 0.434. The van der Waals surface area contributed by atoms with Crippen molar-refractivity contribution in [1.29, 1.82) is 0 Å². The summed E-state index contributed by atoms with van der Waals surface area (Å²) in [5.74, 6) is 1.42. The summed E-state index contributed by atoms with van der Waals surface area (Å²) < 4.78 is 7.92. The number of aromatic nitrogens is 2. The second-order valence-corrected chi connectivity index (χ2v) is 6.75. The Kier molecular flexibility index (Phi) is 5.26. The van der Waals surface area contributed by atoms with E-state index in [2.05, 4.69) is 15.5 Å². The lowest BCUT2D eigenvalue weighted by Crippen LogP contribution is -2.01. The molecule has 0 aliphatic carbocycles. The van der Waals surface area contributed by atoms with E-state index in [1.54, 1.807) is 6.21 Å². The molecule has 0 atom stereocenters. The van der Waals surface area contributed by atoms with Gasteiger partial charge in [-0.2, -0.15) is 5.10 Å². The highest BCUT2D eigenvalue weighted by Gasteiger charge is 2.06. The molecular weight excluding hydrogens is 372 g/mol. The number of nitrogens with zero attached hydrogens (tertiary/aromatic N) is 3. The standard InChI is InChI=1S/C22H19ClN4O/c1-27-20-11-4-3-10-19(20)25-22(27)26-24-14-17-8-2-5-12-21(17)28-15-16-7-6-9-18(23)13-16/h2-14H,15H2,1H3,(H,25,26)/b24-14-. The average molecular weight is 391 g/mol. The molecule has 140 valence electrons. The summed E-state index contributed by atoms with van der Waals surface area (Å²) in [6.45, 7) is 0.434. The fraction of sp³-hybridized carbons (Fsp3) is 0.0909. The second kappa shape index (κ2) is 8.15. The van der Waals surface area contributed by atoms with Crippen LogP contribution in [0.25, 0.3) is 11.0 Å². The quantitative estimate of drug-likeness (QED) is 0.361. The van der Waals surface area contributed by atoms with Crippen molar-refractivity contribution < 1.29 is 4.74 Å². The molecule has 4 rings (SSSR count). The lowest BCUT2D eigenvalue weighted by Gasteiger charge is -2.09. The van der Waals surface area contributed by atoms with Gasteiger partial charge < -0.3 is 9.30 Å². The molecule has 28 heavy (non-hydrogen) atoms. The summed E-state index contributed by atoms with van der Waals surface area (Å²) >= 11 is 6.03. The first kappa shape index (κ1) is 18.1. The van der Waals surface area contributed by atoms with Gasteiger partial charge in [0, 0.05) is 17.6 Å². The van der Waals surface area contributed by atoms with Crippen LogP contribution in [0.4, 0.5) is 5.95 Å². The number of para-hydroxylation sites is 3. The Bertz CT molecular complexity index is 1140. The highest BCUT2D eigenvalue weighted by molar-refractivity contribution is 6.30. The van der Waals surface area contributed by atoms with Gasteiger partial charge in [0.05, 0.1) is 17.2 Å². The molecule has 0 fully saturated rings. The molecule has 0 saturated heterocycles. The molecule has 1 aromatic heterocycles. The normalized spacial score (nSPS) is 11.2. The van der Waals surface area contributed by atoms with Crippen molar-refractivity contribution in [2.75, 3.05) is 5.43 Å². The van der Waals surface area contributed by atoms with Crippen molar-refractivity contribution in [2.45, 2.75) is 6.61 Å². The molecule has 6 heteroatoms. The maximum absolute atomic E-state index is 6.03. The van der Waals surface area contributed by atoms with Gasteiger partial charge in [0.15, 0.2) is 0 Å². The van der Waals surface area contributed by atoms with Gasteiger partial charge in [-0.1, -0.05) is 48.0 Å². The van der Waals surface area contributed by atoms with Crippen LogP contribution in [0.1, 0.15) is 11.1 Å². The molecule has 0 unspecified atom stereocenters. The number of hydrogen-bond donors (Lipinski definition) is 1. The van der Waals surface area contributed by atoms with Gasteiger partial charge in [0.1, 0.15) is 12.4 Å². The van der Waals surface area contributed by atoms with E-state index in [0.717, 1.165) is 27.9 Å². The predicted octanol–water partition coefficient (Wildman–Crippen LogP) is 5.25. The van der Waals surface area contributed by atoms with E-state index < -0.39 is 0 Å². The molecule has 0 spiro atoms. The van der Waals surface area contributed by atoms with E-state index in [0.29, 0.717) is 17.6 Å². The van der Waals surface area contributed by atoms with Crippen LogP contribution >= 0.6 is 11.6 Å². The van der Waals surface area contributed by atoms with Crippen molar-refractivity contribution >= 4 is 34.8 Å². The monoisotopic (exact) mass is 390 g/mol. The zero-order valence-electron chi connectivity index (χ0n) is 15.3. The van der Waals surface area contributed by atoms with E-state index in [1.165, 1.54) is 0 Å². The Balaban J connectivity index is 1.47. The molecule has 0 aliphatic rings. The Labute approximate surface area is 168 Å². The van der Waals surface area contributed by atoms with E-state index in [9.17, 15) is 0 Å². The first-order chi connectivity index (χ1) is 13.7. The summed E-state index contributed by atoms with van der Waals surface area (Å²) in [4.78, 5) is 4.54. The third-order valence-electron chi connectivity index (χ3n) is 4.36. The Morgan fingerprint density at radius 3 is 2.75 bits per heavy atom. The van der Waals surface area contributed by atoms with E-state index >= 15 is 0 Å². The number of benzene rings is 3. The first-order valence-electron chi connectivity index (χ1n) is 8.87. The van der Waals surface area contributed by atoms with E-state index in [1.807, 2.05) is 84.4 Å². The van der Waals surface area contributed by atoms with Crippen LogP contribution in [-0.2, 0) is 13.7 Å². The van der Waals surface area contributed by atoms with Crippen LogP contribution in [0.5, 0.6) is 5.75 Å². The summed E-state index contributed by atoms with van der Waals surface area (Å²) in [6.07, 6.45) is 1.73. The molecule has 0 aliphatic heterocycles. The second-order valence-electron chi connectivity index (χ2n) is 6.31. The molecule has 0 bridgehead atoms. The summed E-state index contributed by atoms with van der Waals surface area (Å²) in [6, 6.07) is 23.3. The molecule has 3 aromatic carbocycles. The van der Waals surface area contributed by atoms with E-state index in [4.69, 9.17) is 16.3 Å². The minimum absolute atomic E-state index is 0.434. The van der Waals surface area contributed by atoms with Crippen LogP contribution in [0.15, 0.2) is 77.9 Å². The number of hydrazone groups is 1. The number of imidazole rings is 1. The van der Waals surface area contributed by atoms with Crippen molar-refractivity contribution in [1.82, 2.24) is 9.55 Å². The van der Waals surface area contributed by atoms with Crippen molar-refractivity contribution in [3.8, 4) is 5.75 Å². The Morgan fingerprint density at radius 1 is 1.07 bits per heavy atom. The summed E-state index contributed by atoms with van der Waals surface area (Å²) in [5.41, 5.74) is 6.86. The highest BCUT2D eigenvalue weighted by atomic mass is 35.5. The van der Waals surface area contributed by atoms with Gasteiger partial charge in [-0.15, -0.1) is 0 Å². The topological polar surface area (TPSA) is 51.4 Å². The number of rotatable bonds is 6. The van der Waals surface area contributed by atoms with Gasteiger partial charge in [-0.05, 0) is 42.0 Å². The molecule has 0 saturated carbocycles. The van der Waals surface area contributed by atoms with Crippen LogP contribution in [0.3, 0.4) is 0 Å². The Hall–Kier alpha value is -3.31. The van der Waals surface area contributed by atoms with Gasteiger partial charge in [-0.3, -0.25) is 0 Å². The molecular formula is C22H19ClN4O. The lowest BCUT2D eigenvalue weighted by molar-refractivity contribution is 0.306. The van der Waals surface area contributed by atoms with Crippen LogP contribution in [0.2, 0.25) is 5.02 Å². The smallest absolute Gasteiger partial charge is 0.224 e. The average Bonchev–Trinajstić information content (AvgIpc) is 3.03. The van der Waals surface area contributed by atoms with Crippen LogP contribution < -0.4 is 10.2 Å². The summed E-state index contributed by atoms with van der Waals surface area (Å²) in [7, 11) is 1.95. The molecule has 1 N–H and O–H groups in total. The molecule has 0 amide bonds. The summed E-state index contributed by atoms with van der Waals surface area (Å²) in [5, 5.41) is 5.04. The largest absolute Gasteiger partial charge is 0.488 e. The first-order valence-corrected chi connectivity index (χ1v) is 9.25. The number of hydrogen-bond acceptors (Lipinski definition) is 4. The van der Waals surface area contributed by atoms with Gasteiger partial charge >= 0.3 is 0 Å². The van der Waals surface area contributed by atoms with Gasteiger partial charge in [-0.25, -0.2) is 10.4 Å². The number of anilines is 1. The number of halogens is 1. The maximum atomic E-state index is 6.03. The van der Waals surface area contributed by atoms with Crippen molar-refractivity contribution in [2.24, 2.45) is 12.1 Å². The molecule has 5 nitrogen and oxygen atoms in total. The molecule has 0 radical (unpaired) electrons. The van der Waals surface area contributed by atoms with Crippen molar-refractivity contribution in [3.05, 3.63) is 88.9 Å². The molecule has 1 heterocycles. The number of ether oxygens (including phenoxy) is 1. The number of nitrogens with one attached hydrogen (secondary N) is 1. The number of aryl methyl sites for hydroxylation is 1. The maximum Gasteiger partial charge on any atom is 0.224 e. The third-order valence-corrected chi connectivity index (χ3v) is 4.59. The fourth-order valence-corrected chi connectivity index (χ4v) is 3.12. The van der Waals surface area contributed by atoms with Gasteiger partial charge in [0.25, 0.3) is 0 Å². The SMILES string of the molecule is Cn1c(N/N=C\c2ccccc2OCc2cccc(Cl)c2)nc2ccccc21. The molecule has 4 aromatic rings. The zero-order valence-corrected chi connectivity index (χ0v) is 16.1. The van der Waals surface area contributed by atoms with Crippen LogP contribution in [0, 0.1) is 0 Å². The third kappa shape index (κ3) is 4.00. The van der Waals surface area contributed by atoms with Gasteiger partial charge in [0.2, 0.25) is 5.95 Å².